The van der Waals surface area contributed by atoms with Gasteiger partial charge in [0.2, 0.25) is 0 Å². The van der Waals surface area contributed by atoms with Crippen molar-refractivity contribution in [1.29, 1.82) is 0 Å². The second-order valence-corrected chi connectivity index (χ2v) is 8.21. The van der Waals surface area contributed by atoms with Gasteiger partial charge in [0.1, 0.15) is 5.60 Å². The van der Waals surface area contributed by atoms with E-state index in [-0.39, 0.29) is 12.1 Å². The molecule has 1 unspecified atom stereocenters. The Hall–Kier alpha value is -1.60. The molecule has 1 saturated heterocycles. The molecule has 0 aliphatic carbocycles. The van der Waals surface area contributed by atoms with E-state index < -0.39 is 15.7 Å². The molecule has 0 saturated carbocycles. The number of rotatable bonds is 1. The largest absolute Gasteiger partial charge is 0.444 e. The van der Waals surface area contributed by atoms with E-state index in [1.54, 1.807) is 0 Å². The SMILES string of the molecule is CC(C)(C)OC(=O)N1CCCCC1c1ccccc1.CS([O])(=O)=O. The van der Waals surface area contributed by atoms with Crippen LogP contribution in [0.3, 0.4) is 0 Å². The van der Waals surface area contributed by atoms with Crippen molar-refractivity contribution >= 4 is 16.2 Å². The summed E-state index contributed by atoms with van der Waals surface area (Å²) in [6.45, 7) is 6.51. The van der Waals surface area contributed by atoms with Crippen molar-refractivity contribution in [1.82, 2.24) is 4.90 Å². The molecule has 1 aromatic rings. The van der Waals surface area contributed by atoms with Gasteiger partial charge < -0.3 is 9.64 Å². The Labute approximate surface area is 144 Å². The maximum atomic E-state index is 12.3. The predicted octanol–water partition coefficient (Wildman–Crippen LogP) is 3.53. The third-order valence-electron chi connectivity index (χ3n) is 3.32. The minimum atomic E-state index is -3.92. The first-order chi connectivity index (χ1) is 11.0. The van der Waals surface area contributed by atoms with Crippen LogP contribution in [-0.2, 0) is 19.4 Å². The van der Waals surface area contributed by atoms with E-state index in [1.165, 1.54) is 12.0 Å². The Morgan fingerprint density at radius 3 is 2.21 bits per heavy atom. The molecule has 1 radical (unpaired) electrons. The summed E-state index contributed by atoms with van der Waals surface area (Å²) >= 11 is 0. The van der Waals surface area contributed by atoms with Crippen molar-refractivity contribution in [3.63, 3.8) is 0 Å². The van der Waals surface area contributed by atoms with Gasteiger partial charge in [-0.05, 0) is 45.6 Å². The van der Waals surface area contributed by atoms with E-state index in [0.29, 0.717) is 6.26 Å². The monoisotopic (exact) mass is 356 g/mol. The first-order valence-corrected chi connectivity index (χ1v) is 9.74. The van der Waals surface area contributed by atoms with Gasteiger partial charge >= 0.3 is 6.09 Å². The molecule has 0 aromatic heterocycles. The molecule has 0 bridgehead atoms. The third kappa shape index (κ3) is 8.31. The molecule has 0 spiro atoms. The molecule has 1 aromatic carbocycles. The first kappa shape index (κ1) is 20.4. The van der Waals surface area contributed by atoms with Gasteiger partial charge in [-0.2, -0.15) is 8.42 Å². The number of hydrogen-bond acceptors (Lipinski definition) is 4. The number of hydrogen-bond donors (Lipinski definition) is 0. The zero-order chi connectivity index (χ0) is 18.4. The van der Waals surface area contributed by atoms with Crippen molar-refractivity contribution in [2.45, 2.75) is 51.7 Å². The summed E-state index contributed by atoms with van der Waals surface area (Å²) in [7, 11) is -3.92. The molecule has 24 heavy (non-hydrogen) atoms. The maximum Gasteiger partial charge on any atom is 0.410 e. The molecule has 2 rings (SSSR count). The lowest BCUT2D eigenvalue weighted by molar-refractivity contribution is 0.00951. The van der Waals surface area contributed by atoms with Gasteiger partial charge in [-0.15, -0.1) is 0 Å². The zero-order valence-electron chi connectivity index (χ0n) is 14.7. The smallest absolute Gasteiger partial charge is 0.410 e. The Bertz CT molecular complexity index is 614. The molecule has 1 aliphatic rings. The number of benzene rings is 1. The van der Waals surface area contributed by atoms with Crippen molar-refractivity contribution < 1.29 is 22.5 Å². The molecule has 135 valence electrons. The van der Waals surface area contributed by atoms with Crippen LogP contribution in [0.2, 0.25) is 0 Å². The summed E-state index contributed by atoms with van der Waals surface area (Å²) in [5.74, 6) is 0. The summed E-state index contributed by atoms with van der Waals surface area (Å²) in [5.41, 5.74) is 0.767. The van der Waals surface area contributed by atoms with Crippen LogP contribution < -0.4 is 0 Å². The van der Waals surface area contributed by atoms with Crippen molar-refractivity contribution in [3.8, 4) is 0 Å². The molecule has 1 fully saturated rings. The van der Waals surface area contributed by atoms with E-state index in [0.717, 1.165) is 19.4 Å². The molecule has 1 heterocycles. The van der Waals surface area contributed by atoms with Gasteiger partial charge in [-0.1, -0.05) is 34.9 Å². The highest BCUT2D eigenvalue weighted by Gasteiger charge is 2.31. The quantitative estimate of drug-likeness (QED) is 0.770. The summed E-state index contributed by atoms with van der Waals surface area (Å²) in [6, 6.07) is 10.4. The number of amides is 1. The molecule has 1 atom stereocenters. The number of carbonyl (C=O) groups is 1. The van der Waals surface area contributed by atoms with Gasteiger partial charge in [-0.25, -0.2) is 4.79 Å². The van der Waals surface area contributed by atoms with Gasteiger partial charge in [-0.3, -0.25) is 0 Å². The number of likely N-dealkylation sites (tertiary alicyclic amines) is 1. The lowest BCUT2D eigenvalue weighted by Crippen LogP contribution is -2.41. The Kier molecular flexibility index (Phi) is 7.23. The lowest BCUT2D eigenvalue weighted by Gasteiger charge is -2.37. The maximum absolute atomic E-state index is 12.3. The summed E-state index contributed by atoms with van der Waals surface area (Å²) in [5, 5.41) is 0. The Balaban J connectivity index is 0.000000505. The van der Waals surface area contributed by atoms with Crippen molar-refractivity contribution in [2.75, 3.05) is 12.8 Å². The summed E-state index contributed by atoms with van der Waals surface area (Å²) in [4.78, 5) is 14.2. The van der Waals surface area contributed by atoms with Crippen LogP contribution in [0.5, 0.6) is 0 Å². The number of carbonyl (C=O) groups excluding carboxylic acids is 1. The van der Waals surface area contributed by atoms with Gasteiger partial charge in [0.15, 0.2) is 0 Å². The molecular weight excluding hydrogens is 330 g/mol. The molecule has 7 heteroatoms. The molecule has 6 nitrogen and oxygen atoms in total. The van der Waals surface area contributed by atoms with E-state index in [9.17, 15) is 4.79 Å². The van der Waals surface area contributed by atoms with Crippen molar-refractivity contribution in [2.24, 2.45) is 0 Å². The summed E-state index contributed by atoms with van der Waals surface area (Å²) in [6.07, 6.45) is 3.65. The topological polar surface area (TPSA) is 83.6 Å². The third-order valence-corrected chi connectivity index (χ3v) is 3.32. The van der Waals surface area contributed by atoms with Crippen LogP contribution in [0.15, 0.2) is 30.3 Å². The normalized spacial score (nSPS) is 18.4. The first-order valence-electron chi connectivity index (χ1n) is 7.93. The zero-order valence-corrected chi connectivity index (χ0v) is 15.5. The average molecular weight is 356 g/mol. The second-order valence-electron chi connectivity index (χ2n) is 6.80. The van der Waals surface area contributed by atoms with Gasteiger partial charge in [0.25, 0.3) is 10.1 Å². The molecular formula is C17H26NO5S. The highest BCUT2D eigenvalue weighted by molar-refractivity contribution is 7.84. The fourth-order valence-electron chi connectivity index (χ4n) is 2.49. The van der Waals surface area contributed by atoms with Crippen LogP contribution in [0.1, 0.15) is 51.6 Å². The number of ether oxygens (including phenoxy) is 1. The Morgan fingerprint density at radius 1 is 1.17 bits per heavy atom. The van der Waals surface area contributed by atoms with E-state index in [2.05, 4.69) is 12.1 Å². The Morgan fingerprint density at radius 2 is 1.71 bits per heavy atom. The van der Waals surface area contributed by atoms with E-state index in [1.807, 2.05) is 43.9 Å². The highest BCUT2D eigenvalue weighted by Crippen LogP contribution is 2.31. The van der Waals surface area contributed by atoms with E-state index >= 15 is 0 Å². The molecule has 1 aliphatic heterocycles. The summed E-state index contributed by atoms with van der Waals surface area (Å²) < 4.78 is 32.7. The lowest BCUT2D eigenvalue weighted by atomic mass is 9.96. The fourth-order valence-corrected chi connectivity index (χ4v) is 2.49. The molecule has 0 N–H and O–H groups in total. The van der Waals surface area contributed by atoms with Gasteiger partial charge in [0.05, 0.1) is 12.3 Å². The average Bonchev–Trinajstić information content (AvgIpc) is 2.45. The van der Waals surface area contributed by atoms with Crippen LogP contribution >= 0.6 is 0 Å². The standard InChI is InChI=1S/C16H23NO2.CH3O3S/c1-16(2,3)19-15(18)17-12-8-7-11-14(17)13-9-5-4-6-10-13;1-5(2,3)4/h4-6,9-10,14H,7-8,11-12H2,1-3H3;1H3. The van der Waals surface area contributed by atoms with Crippen LogP contribution in [0.25, 0.3) is 0 Å². The highest BCUT2D eigenvalue weighted by atomic mass is 32.2. The van der Waals surface area contributed by atoms with Crippen molar-refractivity contribution in [3.05, 3.63) is 35.9 Å². The van der Waals surface area contributed by atoms with Gasteiger partial charge in [0, 0.05) is 6.54 Å². The minimum absolute atomic E-state index is 0.157. The van der Waals surface area contributed by atoms with Crippen LogP contribution in [0, 0.1) is 0 Å². The van der Waals surface area contributed by atoms with Crippen LogP contribution in [-0.4, -0.2) is 37.8 Å². The molecule has 1 amide bonds. The number of piperidine rings is 1. The minimum Gasteiger partial charge on any atom is -0.444 e. The van der Waals surface area contributed by atoms with Crippen LogP contribution in [0.4, 0.5) is 4.79 Å². The second kappa shape index (κ2) is 8.48. The number of nitrogens with zero attached hydrogens (tertiary/aromatic N) is 1. The van der Waals surface area contributed by atoms with E-state index in [4.69, 9.17) is 17.7 Å². The fraction of sp³-hybridized carbons (Fsp3) is 0.588. The predicted molar refractivity (Wildman–Crippen MR) is 91.5 cm³/mol.